The third-order valence-electron chi connectivity index (χ3n) is 7.04. The fourth-order valence-corrected chi connectivity index (χ4v) is 5.41. The standard InChI is InChI=1S/C25H38N4O3/c1-18-7-6-8-22(24(30)28-11-4-5-12-28)23(18)26-25(31)29-13-9-21(10-14-29)17-27-15-19(2)32-20(3)16-27/h6-8,19-21H,4-5,9-17H2,1-3H3,(H,26,31). The number of nitrogens with one attached hydrogen (secondary N) is 1. The fourth-order valence-electron chi connectivity index (χ4n) is 5.41. The quantitative estimate of drug-likeness (QED) is 0.774. The van der Waals surface area contributed by atoms with Crippen LogP contribution in [-0.4, -0.2) is 84.7 Å². The molecule has 0 radical (unpaired) electrons. The summed E-state index contributed by atoms with van der Waals surface area (Å²) in [6, 6.07) is 5.58. The Morgan fingerprint density at radius 3 is 2.31 bits per heavy atom. The van der Waals surface area contributed by atoms with E-state index in [-0.39, 0.29) is 24.1 Å². The topological polar surface area (TPSA) is 65.1 Å². The molecule has 176 valence electrons. The number of nitrogens with zero attached hydrogens (tertiary/aromatic N) is 3. The molecule has 3 aliphatic heterocycles. The molecular formula is C25H38N4O3. The Labute approximate surface area is 192 Å². The second-order valence-corrected chi connectivity index (χ2v) is 9.83. The first kappa shape index (κ1) is 23.1. The number of amides is 3. The highest BCUT2D eigenvalue weighted by atomic mass is 16.5. The minimum Gasteiger partial charge on any atom is -0.373 e. The maximum atomic E-state index is 13.1. The lowest BCUT2D eigenvalue weighted by Gasteiger charge is -2.39. The van der Waals surface area contributed by atoms with Crippen molar-refractivity contribution in [3.8, 4) is 0 Å². The Kier molecular flexibility index (Phi) is 7.36. The van der Waals surface area contributed by atoms with Gasteiger partial charge < -0.3 is 19.9 Å². The van der Waals surface area contributed by atoms with Gasteiger partial charge in [0.25, 0.3) is 5.91 Å². The Morgan fingerprint density at radius 1 is 1.00 bits per heavy atom. The van der Waals surface area contributed by atoms with Crippen molar-refractivity contribution in [1.29, 1.82) is 0 Å². The SMILES string of the molecule is Cc1cccc(C(=O)N2CCCC2)c1NC(=O)N1CCC(CN2CC(C)OC(C)C2)CC1. The number of carbonyl (C=O) groups is 2. The minimum absolute atomic E-state index is 0.0224. The molecule has 0 aromatic heterocycles. The van der Waals surface area contributed by atoms with E-state index in [9.17, 15) is 9.59 Å². The van der Waals surface area contributed by atoms with Crippen LogP contribution in [-0.2, 0) is 4.74 Å². The molecule has 2 atom stereocenters. The van der Waals surface area contributed by atoms with E-state index >= 15 is 0 Å². The molecule has 0 bridgehead atoms. The average molecular weight is 443 g/mol. The van der Waals surface area contributed by atoms with Gasteiger partial charge in [0.1, 0.15) is 0 Å². The number of hydrogen-bond acceptors (Lipinski definition) is 4. The normalized spacial score (nSPS) is 25.2. The molecule has 0 spiro atoms. The van der Waals surface area contributed by atoms with Gasteiger partial charge in [-0.3, -0.25) is 9.69 Å². The number of morpholine rings is 1. The third-order valence-corrected chi connectivity index (χ3v) is 7.04. The summed E-state index contributed by atoms with van der Waals surface area (Å²) in [5.74, 6) is 0.636. The molecule has 0 aliphatic carbocycles. The summed E-state index contributed by atoms with van der Waals surface area (Å²) in [5.41, 5.74) is 2.19. The van der Waals surface area contributed by atoms with Gasteiger partial charge in [-0.25, -0.2) is 4.79 Å². The van der Waals surface area contributed by atoms with Crippen molar-refractivity contribution in [1.82, 2.24) is 14.7 Å². The minimum atomic E-state index is -0.0955. The van der Waals surface area contributed by atoms with Gasteiger partial charge in [0.2, 0.25) is 0 Å². The maximum absolute atomic E-state index is 13.1. The van der Waals surface area contributed by atoms with Gasteiger partial charge in [0, 0.05) is 45.8 Å². The van der Waals surface area contributed by atoms with E-state index < -0.39 is 0 Å². The molecule has 32 heavy (non-hydrogen) atoms. The van der Waals surface area contributed by atoms with E-state index in [0.29, 0.717) is 17.2 Å². The summed E-state index contributed by atoms with van der Waals surface area (Å²) >= 11 is 0. The molecular weight excluding hydrogens is 404 g/mol. The number of urea groups is 1. The maximum Gasteiger partial charge on any atom is 0.321 e. The van der Waals surface area contributed by atoms with Crippen LogP contribution in [0.3, 0.4) is 0 Å². The summed E-state index contributed by atoms with van der Waals surface area (Å²) < 4.78 is 5.85. The van der Waals surface area contributed by atoms with Gasteiger partial charge in [0.05, 0.1) is 23.5 Å². The number of aryl methyl sites for hydroxylation is 1. The number of para-hydroxylation sites is 1. The van der Waals surface area contributed by atoms with Gasteiger partial charge in [0.15, 0.2) is 0 Å². The van der Waals surface area contributed by atoms with Crippen molar-refractivity contribution >= 4 is 17.6 Å². The number of ether oxygens (including phenoxy) is 1. The van der Waals surface area contributed by atoms with Crippen LogP contribution in [0, 0.1) is 12.8 Å². The average Bonchev–Trinajstić information content (AvgIpc) is 3.29. The van der Waals surface area contributed by atoms with Crippen molar-refractivity contribution in [2.24, 2.45) is 5.92 Å². The van der Waals surface area contributed by atoms with Crippen LogP contribution in [0.1, 0.15) is 55.5 Å². The summed E-state index contributed by atoms with van der Waals surface area (Å²) in [7, 11) is 0. The molecule has 3 heterocycles. The van der Waals surface area contributed by atoms with E-state index in [1.54, 1.807) is 0 Å². The molecule has 0 saturated carbocycles. The van der Waals surface area contributed by atoms with Crippen molar-refractivity contribution in [3.63, 3.8) is 0 Å². The van der Waals surface area contributed by atoms with Gasteiger partial charge in [-0.1, -0.05) is 12.1 Å². The van der Waals surface area contributed by atoms with Gasteiger partial charge in [-0.05, 0) is 64.0 Å². The first-order valence-electron chi connectivity index (χ1n) is 12.2. The van der Waals surface area contributed by atoms with Crippen LogP contribution in [0.15, 0.2) is 18.2 Å². The lowest BCUT2D eigenvalue weighted by atomic mass is 9.96. The first-order valence-corrected chi connectivity index (χ1v) is 12.2. The van der Waals surface area contributed by atoms with E-state index in [4.69, 9.17) is 4.74 Å². The molecule has 1 aromatic carbocycles. The number of hydrogen-bond donors (Lipinski definition) is 1. The van der Waals surface area contributed by atoms with Crippen LogP contribution in [0.4, 0.5) is 10.5 Å². The molecule has 3 fully saturated rings. The van der Waals surface area contributed by atoms with Gasteiger partial charge in [-0.15, -0.1) is 0 Å². The Morgan fingerprint density at radius 2 is 1.66 bits per heavy atom. The molecule has 7 heteroatoms. The molecule has 3 amide bonds. The highest BCUT2D eigenvalue weighted by Crippen LogP contribution is 2.26. The Bertz CT molecular complexity index is 805. The predicted octanol–water partition coefficient (Wildman–Crippen LogP) is 3.58. The smallest absolute Gasteiger partial charge is 0.321 e. The zero-order valence-electron chi connectivity index (χ0n) is 19.8. The Hall–Kier alpha value is -2.12. The summed E-state index contributed by atoms with van der Waals surface area (Å²) in [6.07, 6.45) is 4.71. The molecule has 1 N–H and O–H groups in total. The predicted molar refractivity (Wildman–Crippen MR) is 126 cm³/mol. The summed E-state index contributed by atoms with van der Waals surface area (Å²) in [5, 5.41) is 3.07. The molecule has 4 rings (SSSR count). The molecule has 7 nitrogen and oxygen atoms in total. The summed E-state index contributed by atoms with van der Waals surface area (Å²) in [6.45, 7) is 12.4. The van der Waals surface area contributed by atoms with Crippen molar-refractivity contribution < 1.29 is 14.3 Å². The highest BCUT2D eigenvalue weighted by Gasteiger charge is 2.29. The number of likely N-dealkylation sites (tertiary alicyclic amines) is 2. The van der Waals surface area contributed by atoms with E-state index in [2.05, 4.69) is 24.1 Å². The number of carbonyl (C=O) groups excluding carboxylic acids is 2. The lowest BCUT2D eigenvalue weighted by molar-refractivity contribution is -0.0728. The molecule has 1 aromatic rings. The van der Waals surface area contributed by atoms with Crippen LogP contribution in [0.5, 0.6) is 0 Å². The lowest BCUT2D eigenvalue weighted by Crippen LogP contribution is -2.49. The second kappa shape index (κ2) is 10.2. The van der Waals surface area contributed by atoms with E-state index in [1.807, 2.05) is 34.9 Å². The monoisotopic (exact) mass is 442 g/mol. The number of piperidine rings is 1. The molecule has 3 aliphatic rings. The van der Waals surface area contributed by atoms with Crippen LogP contribution in [0.2, 0.25) is 0 Å². The second-order valence-electron chi connectivity index (χ2n) is 9.83. The zero-order chi connectivity index (χ0) is 22.7. The number of rotatable bonds is 4. The molecule has 2 unspecified atom stereocenters. The summed E-state index contributed by atoms with van der Waals surface area (Å²) in [4.78, 5) is 32.4. The van der Waals surface area contributed by atoms with Crippen molar-refractivity contribution in [2.75, 3.05) is 51.1 Å². The Balaban J connectivity index is 1.33. The van der Waals surface area contributed by atoms with E-state index in [0.717, 1.165) is 77.1 Å². The van der Waals surface area contributed by atoms with Gasteiger partial charge >= 0.3 is 6.03 Å². The first-order chi connectivity index (χ1) is 15.4. The number of anilines is 1. The fraction of sp³-hybridized carbons (Fsp3) is 0.680. The van der Waals surface area contributed by atoms with Crippen LogP contribution < -0.4 is 5.32 Å². The van der Waals surface area contributed by atoms with Gasteiger partial charge in [-0.2, -0.15) is 0 Å². The third kappa shape index (κ3) is 5.44. The van der Waals surface area contributed by atoms with E-state index in [1.165, 1.54) is 0 Å². The van der Waals surface area contributed by atoms with Crippen LogP contribution in [0.25, 0.3) is 0 Å². The number of benzene rings is 1. The van der Waals surface area contributed by atoms with Crippen molar-refractivity contribution in [3.05, 3.63) is 29.3 Å². The largest absolute Gasteiger partial charge is 0.373 e. The highest BCUT2D eigenvalue weighted by molar-refractivity contribution is 6.04. The zero-order valence-corrected chi connectivity index (χ0v) is 19.8. The van der Waals surface area contributed by atoms with Crippen LogP contribution >= 0.6 is 0 Å². The molecule has 3 saturated heterocycles. The van der Waals surface area contributed by atoms with Crippen molar-refractivity contribution in [2.45, 2.75) is 58.7 Å².